The quantitative estimate of drug-likeness (QED) is 0.836. The third-order valence-electron chi connectivity index (χ3n) is 3.15. The van der Waals surface area contributed by atoms with Crippen LogP contribution in [0.1, 0.15) is 24.0 Å². The van der Waals surface area contributed by atoms with Gasteiger partial charge in [-0.3, -0.25) is 4.79 Å². The predicted octanol–water partition coefficient (Wildman–Crippen LogP) is 1.49. The number of aryl methyl sites for hydroxylation is 1. The van der Waals surface area contributed by atoms with Crippen molar-refractivity contribution in [3.8, 4) is 0 Å². The summed E-state index contributed by atoms with van der Waals surface area (Å²) in [5, 5.41) is 0. The van der Waals surface area contributed by atoms with E-state index in [0.29, 0.717) is 25.6 Å². The molecule has 1 fully saturated rings. The number of rotatable bonds is 5. The van der Waals surface area contributed by atoms with Gasteiger partial charge in [-0.05, 0) is 25.3 Å². The highest BCUT2D eigenvalue weighted by atomic mass is 16.2. The third kappa shape index (κ3) is 3.30. The van der Waals surface area contributed by atoms with Crippen molar-refractivity contribution in [1.29, 1.82) is 0 Å². The lowest BCUT2D eigenvalue weighted by Crippen LogP contribution is -2.38. The second-order valence-corrected chi connectivity index (χ2v) is 4.77. The predicted molar refractivity (Wildman–Crippen MR) is 68.7 cm³/mol. The van der Waals surface area contributed by atoms with Gasteiger partial charge < -0.3 is 10.6 Å². The molecule has 1 saturated carbocycles. The fourth-order valence-electron chi connectivity index (χ4n) is 2.02. The van der Waals surface area contributed by atoms with Crippen LogP contribution in [0.5, 0.6) is 0 Å². The molecule has 92 valence electrons. The maximum atomic E-state index is 12.1. The molecule has 0 heterocycles. The Kier molecular flexibility index (Phi) is 3.79. The van der Waals surface area contributed by atoms with Crippen molar-refractivity contribution in [2.45, 2.75) is 32.2 Å². The second-order valence-electron chi connectivity index (χ2n) is 4.77. The largest absolute Gasteiger partial charge is 0.338 e. The maximum Gasteiger partial charge on any atom is 0.227 e. The van der Waals surface area contributed by atoms with Crippen LogP contribution in [-0.2, 0) is 11.2 Å². The van der Waals surface area contributed by atoms with Gasteiger partial charge >= 0.3 is 0 Å². The van der Waals surface area contributed by atoms with Crippen LogP contribution in [0.2, 0.25) is 0 Å². The Morgan fingerprint density at radius 3 is 2.53 bits per heavy atom. The number of hydrogen-bond acceptors (Lipinski definition) is 2. The fraction of sp³-hybridized carbons (Fsp3) is 0.500. The third-order valence-corrected chi connectivity index (χ3v) is 3.15. The molecular weight excluding hydrogens is 212 g/mol. The van der Waals surface area contributed by atoms with Crippen molar-refractivity contribution in [3.05, 3.63) is 35.4 Å². The molecule has 0 atom stereocenters. The number of hydrogen-bond donors (Lipinski definition) is 1. The molecule has 1 aliphatic rings. The van der Waals surface area contributed by atoms with E-state index in [-0.39, 0.29) is 5.91 Å². The number of amides is 1. The summed E-state index contributed by atoms with van der Waals surface area (Å²) in [7, 11) is 0. The van der Waals surface area contributed by atoms with Crippen molar-refractivity contribution < 1.29 is 4.79 Å². The van der Waals surface area contributed by atoms with Gasteiger partial charge in [0.1, 0.15) is 0 Å². The minimum atomic E-state index is 0.210. The van der Waals surface area contributed by atoms with Gasteiger partial charge in [0.15, 0.2) is 0 Å². The van der Waals surface area contributed by atoms with E-state index in [1.807, 2.05) is 29.2 Å². The Hall–Kier alpha value is -1.35. The minimum absolute atomic E-state index is 0.210. The van der Waals surface area contributed by atoms with Crippen LogP contribution in [0.4, 0.5) is 0 Å². The summed E-state index contributed by atoms with van der Waals surface area (Å²) in [6, 6.07) is 8.61. The van der Waals surface area contributed by atoms with Crippen LogP contribution in [-0.4, -0.2) is 29.9 Å². The lowest BCUT2D eigenvalue weighted by Gasteiger charge is -2.21. The molecule has 2 rings (SSSR count). The van der Waals surface area contributed by atoms with E-state index in [1.165, 1.54) is 5.56 Å². The smallest absolute Gasteiger partial charge is 0.227 e. The summed E-state index contributed by atoms with van der Waals surface area (Å²) in [6.07, 6.45) is 2.77. The van der Waals surface area contributed by atoms with Gasteiger partial charge in [0.2, 0.25) is 5.91 Å². The van der Waals surface area contributed by atoms with Crippen molar-refractivity contribution in [1.82, 2.24) is 4.90 Å². The van der Waals surface area contributed by atoms with Crippen molar-refractivity contribution in [2.75, 3.05) is 13.1 Å². The Bertz CT molecular complexity index is 382. The van der Waals surface area contributed by atoms with Gasteiger partial charge in [-0.15, -0.1) is 0 Å². The molecule has 0 aromatic heterocycles. The Morgan fingerprint density at radius 2 is 2.00 bits per heavy atom. The molecule has 0 saturated heterocycles. The van der Waals surface area contributed by atoms with E-state index in [4.69, 9.17) is 5.73 Å². The average Bonchev–Trinajstić information content (AvgIpc) is 3.13. The van der Waals surface area contributed by atoms with Crippen LogP contribution in [0.3, 0.4) is 0 Å². The normalized spacial score (nSPS) is 14.7. The van der Waals surface area contributed by atoms with Gasteiger partial charge in [0.05, 0.1) is 6.42 Å². The SMILES string of the molecule is Cc1ccc(CC(=O)N(CCN)C2CC2)cc1. The van der Waals surface area contributed by atoms with E-state index in [0.717, 1.165) is 18.4 Å². The lowest BCUT2D eigenvalue weighted by molar-refractivity contribution is -0.130. The zero-order chi connectivity index (χ0) is 12.3. The summed E-state index contributed by atoms with van der Waals surface area (Å²) in [6.45, 7) is 3.29. The van der Waals surface area contributed by atoms with E-state index in [1.54, 1.807) is 0 Å². The van der Waals surface area contributed by atoms with Crippen LogP contribution in [0.25, 0.3) is 0 Å². The van der Waals surface area contributed by atoms with Crippen LogP contribution in [0, 0.1) is 6.92 Å². The Morgan fingerprint density at radius 1 is 1.35 bits per heavy atom. The molecule has 0 radical (unpaired) electrons. The summed E-state index contributed by atoms with van der Waals surface area (Å²) >= 11 is 0. The molecule has 0 unspecified atom stereocenters. The molecule has 1 aromatic rings. The van der Waals surface area contributed by atoms with Gasteiger partial charge in [0, 0.05) is 19.1 Å². The van der Waals surface area contributed by atoms with Crippen molar-refractivity contribution in [3.63, 3.8) is 0 Å². The monoisotopic (exact) mass is 232 g/mol. The van der Waals surface area contributed by atoms with E-state index in [9.17, 15) is 4.79 Å². The molecule has 3 heteroatoms. The highest BCUT2D eigenvalue weighted by Crippen LogP contribution is 2.27. The van der Waals surface area contributed by atoms with Crippen molar-refractivity contribution in [2.24, 2.45) is 5.73 Å². The van der Waals surface area contributed by atoms with Gasteiger partial charge in [-0.1, -0.05) is 29.8 Å². The molecule has 1 aromatic carbocycles. The maximum absolute atomic E-state index is 12.1. The number of nitrogens with zero attached hydrogens (tertiary/aromatic N) is 1. The zero-order valence-corrected chi connectivity index (χ0v) is 10.4. The first kappa shape index (κ1) is 12.1. The van der Waals surface area contributed by atoms with Gasteiger partial charge in [0.25, 0.3) is 0 Å². The fourth-order valence-corrected chi connectivity index (χ4v) is 2.02. The van der Waals surface area contributed by atoms with Crippen LogP contribution >= 0.6 is 0 Å². The van der Waals surface area contributed by atoms with Crippen LogP contribution in [0.15, 0.2) is 24.3 Å². The molecule has 1 aliphatic carbocycles. The lowest BCUT2D eigenvalue weighted by atomic mass is 10.1. The number of benzene rings is 1. The molecule has 0 aliphatic heterocycles. The number of nitrogens with two attached hydrogens (primary N) is 1. The molecule has 0 spiro atoms. The van der Waals surface area contributed by atoms with Gasteiger partial charge in [-0.25, -0.2) is 0 Å². The summed E-state index contributed by atoms with van der Waals surface area (Å²) in [4.78, 5) is 14.1. The molecule has 3 nitrogen and oxygen atoms in total. The van der Waals surface area contributed by atoms with Crippen LogP contribution < -0.4 is 5.73 Å². The summed E-state index contributed by atoms with van der Waals surface area (Å²) in [5.41, 5.74) is 7.86. The molecule has 1 amide bonds. The zero-order valence-electron chi connectivity index (χ0n) is 10.4. The first-order chi connectivity index (χ1) is 8.20. The first-order valence-corrected chi connectivity index (χ1v) is 6.26. The molecule has 2 N–H and O–H groups in total. The van der Waals surface area contributed by atoms with Crippen molar-refractivity contribution >= 4 is 5.91 Å². The first-order valence-electron chi connectivity index (χ1n) is 6.26. The molecular formula is C14H20N2O. The Balaban J connectivity index is 1.96. The minimum Gasteiger partial charge on any atom is -0.338 e. The van der Waals surface area contributed by atoms with E-state index < -0.39 is 0 Å². The standard InChI is InChI=1S/C14H20N2O/c1-11-2-4-12(5-3-11)10-14(17)16(9-8-15)13-6-7-13/h2-5,13H,6-10,15H2,1H3. The topological polar surface area (TPSA) is 46.3 Å². The highest BCUT2D eigenvalue weighted by Gasteiger charge is 2.31. The average molecular weight is 232 g/mol. The molecule has 0 bridgehead atoms. The molecule has 17 heavy (non-hydrogen) atoms. The Labute approximate surface area is 103 Å². The van der Waals surface area contributed by atoms with Gasteiger partial charge in [-0.2, -0.15) is 0 Å². The number of carbonyl (C=O) groups is 1. The van der Waals surface area contributed by atoms with E-state index in [2.05, 4.69) is 6.92 Å². The second kappa shape index (κ2) is 5.32. The van der Waals surface area contributed by atoms with E-state index >= 15 is 0 Å². The summed E-state index contributed by atoms with van der Waals surface area (Å²) < 4.78 is 0. The highest BCUT2D eigenvalue weighted by molar-refractivity contribution is 5.79. The summed E-state index contributed by atoms with van der Waals surface area (Å²) in [5.74, 6) is 0.210. The number of carbonyl (C=O) groups excluding carboxylic acids is 1.